The second-order valence-corrected chi connectivity index (χ2v) is 7.51. The maximum Gasteiger partial charge on any atom is 0.253 e. The molecule has 3 rings (SSSR count). The van der Waals surface area contributed by atoms with Crippen LogP contribution in [0.5, 0.6) is 0 Å². The van der Waals surface area contributed by atoms with Gasteiger partial charge in [0.15, 0.2) is 0 Å². The molecule has 8 nitrogen and oxygen atoms in total. The van der Waals surface area contributed by atoms with Crippen molar-refractivity contribution in [1.82, 2.24) is 30.9 Å². The van der Waals surface area contributed by atoms with Crippen LogP contribution in [0.15, 0.2) is 30.5 Å². The molecular weight excluding hydrogens is 368 g/mol. The van der Waals surface area contributed by atoms with Crippen molar-refractivity contribution in [2.24, 2.45) is 0 Å². The summed E-state index contributed by atoms with van der Waals surface area (Å²) in [6.07, 6.45) is 2.44. The molecule has 0 radical (unpaired) electrons. The van der Waals surface area contributed by atoms with Crippen molar-refractivity contribution in [2.45, 2.75) is 37.9 Å². The average molecular weight is 391 g/mol. The molecule has 9 heteroatoms. The van der Waals surface area contributed by atoms with E-state index < -0.39 is 5.54 Å². The largest absolute Gasteiger partial charge is 0.358 e. The third-order valence-electron chi connectivity index (χ3n) is 4.74. The molecule has 0 saturated carbocycles. The van der Waals surface area contributed by atoms with Gasteiger partial charge in [-0.05, 0) is 32.4 Å². The summed E-state index contributed by atoms with van der Waals surface area (Å²) in [5.41, 5.74) is 0.306. The van der Waals surface area contributed by atoms with Crippen LogP contribution in [-0.4, -0.2) is 46.4 Å². The molecule has 2 heterocycles. The van der Waals surface area contributed by atoms with Crippen molar-refractivity contribution < 1.29 is 9.59 Å². The minimum absolute atomic E-state index is 0.0311. The van der Waals surface area contributed by atoms with Gasteiger partial charge in [0.1, 0.15) is 5.69 Å². The average Bonchev–Trinajstić information content (AvgIpc) is 3.30. The molecule has 0 spiro atoms. The predicted octanol–water partition coefficient (Wildman–Crippen LogP) is 1.25. The van der Waals surface area contributed by atoms with Crippen LogP contribution in [0.2, 0.25) is 5.02 Å². The first-order chi connectivity index (χ1) is 12.8. The molecular formula is C18H23ClN6O2. The summed E-state index contributed by atoms with van der Waals surface area (Å²) in [7, 11) is 1.62. The SMILES string of the molecule is CNC(=O)[C@@H]1C[C@H](n2cc(C(C)(C)NC(=O)c3ccccc3Cl)nn2)CN1. The van der Waals surface area contributed by atoms with Crippen LogP contribution >= 0.6 is 11.6 Å². The lowest BCUT2D eigenvalue weighted by Crippen LogP contribution is -2.41. The Morgan fingerprint density at radius 3 is 2.78 bits per heavy atom. The fraction of sp³-hybridized carbons (Fsp3) is 0.444. The Morgan fingerprint density at radius 2 is 2.07 bits per heavy atom. The molecule has 1 aliphatic rings. The number of benzene rings is 1. The first-order valence-electron chi connectivity index (χ1n) is 8.76. The van der Waals surface area contributed by atoms with Gasteiger partial charge in [0, 0.05) is 13.6 Å². The lowest BCUT2D eigenvalue weighted by Gasteiger charge is -2.24. The van der Waals surface area contributed by atoms with E-state index in [0.717, 1.165) is 0 Å². The number of carbonyl (C=O) groups excluding carboxylic acids is 2. The Morgan fingerprint density at radius 1 is 1.33 bits per heavy atom. The second-order valence-electron chi connectivity index (χ2n) is 7.11. The number of nitrogens with zero attached hydrogens (tertiary/aromatic N) is 3. The zero-order valence-electron chi connectivity index (χ0n) is 15.5. The van der Waals surface area contributed by atoms with Gasteiger partial charge in [0.25, 0.3) is 5.91 Å². The molecule has 1 saturated heterocycles. The van der Waals surface area contributed by atoms with E-state index in [9.17, 15) is 9.59 Å². The Balaban J connectivity index is 1.70. The summed E-state index contributed by atoms with van der Waals surface area (Å²) >= 11 is 6.10. The zero-order chi connectivity index (χ0) is 19.6. The van der Waals surface area contributed by atoms with Crippen molar-refractivity contribution in [3.63, 3.8) is 0 Å². The molecule has 1 aliphatic heterocycles. The highest BCUT2D eigenvalue weighted by molar-refractivity contribution is 6.33. The number of rotatable bonds is 5. The maximum atomic E-state index is 12.6. The van der Waals surface area contributed by atoms with E-state index >= 15 is 0 Å². The molecule has 2 atom stereocenters. The zero-order valence-corrected chi connectivity index (χ0v) is 16.2. The van der Waals surface area contributed by atoms with Gasteiger partial charge in [-0.1, -0.05) is 28.9 Å². The third-order valence-corrected chi connectivity index (χ3v) is 5.07. The number of amides is 2. The van der Waals surface area contributed by atoms with E-state index in [2.05, 4.69) is 26.3 Å². The molecule has 1 aromatic carbocycles. The van der Waals surface area contributed by atoms with E-state index in [1.165, 1.54) is 0 Å². The lowest BCUT2D eigenvalue weighted by atomic mass is 10.0. The minimum atomic E-state index is -0.735. The van der Waals surface area contributed by atoms with Crippen LogP contribution in [0.25, 0.3) is 0 Å². The van der Waals surface area contributed by atoms with Gasteiger partial charge in [-0.3, -0.25) is 9.59 Å². The Kier molecular flexibility index (Phi) is 5.48. The second kappa shape index (κ2) is 7.66. The number of aromatic nitrogens is 3. The first kappa shape index (κ1) is 19.3. The Hall–Kier alpha value is -2.45. The van der Waals surface area contributed by atoms with Gasteiger partial charge in [0.05, 0.1) is 34.4 Å². The summed E-state index contributed by atoms with van der Waals surface area (Å²) in [4.78, 5) is 24.3. The van der Waals surface area contributed by atoms with Gasteiger partial charge in [-0.15, -0.1) is 5.10 Å². The fourth-order valence-electron chi connectivity index (χ4n) is 3.09. The number of hydrogen-bond donors (Lipinski definition) is 3. The summed E-state index contributed by atoms with van der Waals surface area (Å²) in [6, 6.07) is 6.69. The fourth-order valence-corrected chi connectivity index (χ4v) is 3.32. The van der Waals surface area contributed by atoms with Crippen LogP contribution in [-0.2, 0) is 10.3 Å². The van der Waals surface area contributed by atoms with Crippen LogP contribution < -0.4 is 16.0 Å². The van der Waals surface area contributed by atoms with Gasteiger partial charge in [-0.25, -0.2) is 4.68 Å². The Bertz CT molecular complexity index is 850. The van der Waals surface area contributed by atoms with Gasteiger partial charge in [0.2, 0.25) is 5.91 Å². The van der Waals surface area contributed by atoms with Crippen molar-refractivity contribution in [3.8, 4) is 0 Å². The number of carbonyl (C=O) groups is 2. The monoisotopic (exact) mass is 390 g/mol. The van der Waals surface area contributed by atoms with E-state index in [4.69, 9.17) is 11.6 Å². The van der Waals surface area contributed by atoms with Gasteiger partial charge < -0.3 is 16.0 Å². The number of halogens is 1. The predicted molar refractivity (Wildman–Crippen MR) is 101 cm³/mol. The van der Waals surface area contributed by atoms with Crippen LogP contribution in [0.4, 0.5) is 0 Å². The molecule has 0 bridgehead atoms. The minimum Gasteiger partial charge on any atom is -0.358 e. The number of likely N-dealkylation sites (N-methyl/N-ethyl adjacent to an activating group) is 1. The van der Waals surface area contributed by atoms with Crippen LogP contribution in [0.3, 0.4) is 0 Å². The molecule has 0 unspecified atom stereocenters. The molecule has 2 aromatic rings. The molecule has 27 heavy (non-hydrogen) atoms. The van der Waals surface area contributed by atoms with Crippen molar-refractivity contribution in [3.05, 3.63) is 46.7 Å². The van der Waals surface area contributed by atoms with E-state index in [0.29, 0.717) is 29.2 Å². The number of hydrogen-bond acceptors (Lipinski definition) is 5. The summed E-state index contributed by atoms with van der Waals surface area (Å²) in [5, 5.41) is 17.6. The Labute approximate surface area is 162 Å². The molecule has 1 fully saturated rings. The molecule has 0 aliphatic carbocycles. The standard InChI is InChI=1S/C18H23ClN6O2/c1-18(2,22-16(26)12-6-4-5-7-13(12)19)15-10-25(24-23-15)11-8-14(21-9-11)17(27)20-3/h4-7,10-11,14,21H,8-9H2,1-3H3,(H,20,27)(H,22,26)/t11-,14-/m0/s1. The van der Waals surface area contributed by atoms with E-state index in [1.807, 2.05) is 20.0 Å². The molecule has 1 aromatic heterocycles. The van der Waals surface area contributed by atoms with Gasteiger partial charge in [-0.2, -0.15) is 0 Å². The highest BCUT2D eigenvalue weighted by Gasteiger charge is 2.33. The van der Waals surface area contributed by atoms with E-state index in [-0.39, 0.29) is 23.9 Å². The normalized spacial score (nSPS) is 19.7. The first-order valence-corrected chi connectivity index (χ1v) is 9.14. The summed E-state index contributed by atoms with van der Waals surface area (Å²) in [6.45, 7) is 4.35. The molecule has 2 amide bonds. The topological polar surface area (TPSA) is 101 Å². The van der Waals surface area contributed by atoms with Gasteiger partial charge >= 0.3 is 0 Å². The van der Waals surface area contributed by atoms with Crippen molar-refractivity contribution >= 4 is 23.4 Å². The highest BCUT2D eigenvalue weighted by atomic mass is 35.5. The van der Waals surface area contributed by atoms with Crippen molar-refractivity contribution in [1.29, 1.82) is 0 Å². The highest BCUT2D eigenvalue weighted by Crippen LogP contribution is 2.24. The smallest absolute Gasteiger partial charge is 0.253 e. The van der Waals surface area contributed by atoms with Crippen molar-refractivity contribution in [2.75, 3.05) is 13.6 Å². The summed E-state index contributed by atoms with van der Waals surface area (Å²) in [5.74, 6) is -0.312. The number of nitrogens with one attached hydrogen (secondary N) is 3. The maximum absolute atomic E-state index is 12.6. The van der Waals surface area contributed by atoms with Crippen LogP contribution in [0.1, 0.15) is 42.4 Å². The lowest BCUT2D eigenvalue weighted by molar-refractivity contribution is -0.122. The van der Waals surface area contributed by atoms with E-state index in [1.54, 1.807) is 36.0 Å². The summed E-state index contributed by atoms with van der Waals surface area (Å²) < 4.78 is 1.74. The molecule has 144 valence electrons. The third kappa shape index (κ3) is 4.12. The van der Waals surface area contributed by atoms with Crippen LogP contribution in [0, 0.1) is 0 Å². The quantitative estimate of drug-likeness (QED) is 0.713. The molecule has 3 N–H and O–H groups in total.